The van der Waals surface area contributed by atoms with Crippen molar-refractivity contribution in [1.82, 2.24) is 14.8 Å². The van der Waals surface area contributed by atoms with Gasteiger partial charge in [0, 0.05) is 18.9 Å². The van der Waals surface area contributed by atoms with E-state index in [9.17, 15) is 4.79 Å². The van der Waals surface area contributed by atoms with Crippen LogP contribution in [0.5, 0.6) is 0 Å². The van der Waals surface area contributed by atoms with Crippen LogP contribution in [0.4, 0.5) is 5.69 Å². The van der Waals surface area contributed by atoms with Crippen LogP contribution in [0.3, 0.4) is 0 Å². The zero-order valence-corrected chi connectivity index (χ0v) is 12.2. The number of carbonyl (C=O) groups excluding carboxylic acids is 1. The second-order valence-corrected chi connectivity index (χ2v) is 5.87. The Morgan fingerprint density at radius 3 is 3.00 bits per heavy atom. The maximum absolute atomic E-state index is 12.0. The van der Waals surface area contributed by atoms with Crippen molar-refractivity contribution in [1.29, 1.82) is 0 Å². The lowest BCUT2D eigenvalue weighted by atomic mass is 10.0. The van der Waals surface area contributed by atoms with Gasteiger partial charge in [-0.25, -0.2) is 4.98 Å². The molecular weight excluding hydrogens is 252 g/mol. The molecule has 2 aromatic rings. The Bertz CT molecular complexity index is 657. The van der Waals surface area contributed by atoms with Crippen molar-refractivity contribution in [2.45, 2.75) is 33.1 Å². The second kappa shape index (κ2) is 4.89. The molecular formula is C15H20N4O. The number of fused-ring (bicyclic) bond motifs is 1. The second-order valence-electron chi connectivity index (χ2n) is 5.87. The van der Waals surface area contributed by atoms with Crippen molar-refractivity contribution in [2.24, 2.45) is 18.9 Å². The first-order chi connectivity index (χ1) is 9.54. The van der Waals surface area contributed by atoms with Crippen LogP contribution in [0, 0.1) is 18.8 Å². The molecule has 5 nitrogen and oxygen atoms in total. The van der Waals surface area contributed by atoms with E-state index < -0.39 is 0 Å². The molecule has 3 rings (SSSR count). The molecule has 1 fully saturated rings. The number of aryl methyl sites for hydroxylation is 2. The molecule has 0 spiro atoms. The van der Waals surface area contributed by atoms with E-state index in [0.29, 0.717) is 12.3 Å². The van der Waals surface area contributed by atoms with Crippen LogP contribution >= 0.6 is 0 Å². The molecule has 20 heavy (non-hydrogen) atoms. The Balaban J connectivity index is 1.73. The number of anilines is 1. The summed E-state index contributed by atoms with van der Waals surface area (Å²) in [7, 11) is 1.87. The predicted octanol–water partition coefficient (Wildman–Crippen LogP) is 2.65. The quantitative estimate of drug-likeness (QED) is 0.930. The van der Waals surface area contributed by atoms with Gasteiger partial charge in [-0.2, -0.15) is 5.10 Å². The van der Waals surface area contributed by atoms with E-state index in [1.807, 2.05) is 20.0 Å². The van der Waals surface area contributed by atoms with E-state index in [4.69, 9.17) is 0 Å². The molecule has 1 saturated carbocycles. The van der Waals surface area contributed by atoms with Gasteiger partial charge in [0.2, 0.25) is 5.91 Å². The highest BCUT2D eigenvalue weighted by Gasteiger charge is 2.29. The first-order valence-electron chi connectivity index (χ1n) is 7.14. The fraction of sp³-hybridized carbons (Fsp3) is 0.533. The number of nitrogens with one attached hydrogen (secondary N) is 1. The standard InChI is InChI=1S/C15H20N4O/c1-9(11-4-5-11)6-14(20)17-12-7-13-10(2)18-19(3)15(13)16-8-12/h7-9,11H,4-6H2,1-3H3,(H,17,20)/t9-/m1/s1. The zero-order valence-electron chi connectivity index (χ0n) is 12.2. The lowest BCUT2D eigenvalue weighted by Crippen LogP contribution is -2.16. The average molecular weight is 272 g/mol. The molecule has 1 aliphatic carbocycles. The average Bonchev–Trinajstić information content (AvgIpc) is 3.18. The largest absolute Gasteiger partial charge is 0.325 e. The van der Waals surface area contributed by atoms with Gasteiger partial charge in [0.15, 0.2) is 5.65 Å². The molecule has 1 amide bonds. The third kappa shape index (κ3) is 2.53. The smallest absolute Gasteiger partial charge is 0.224 e. The summed E-state index contributed by atoms with van der Waals surface area (Å²) in [5.74, 6) is 1.31. The summed E-state index contributed by atoms with van der Waals surface area (Å²) >= 11 is 0. The van der Waals surface area contributed by atoms with Gasteiger partial charge in [0.05, 0.1) is 17.6 Å². The summed E-state index contributed by atoms with van der Waals surface area (Å²) in [5, 5.41) is 8.26. The maximum atomic E-state index is 12.0. The number of rotatable bonds is 4. The number of aromatic nitrogens is 3. The van der Waals surface area contributed by atoms with E-state index >= 15 is 0 Å². The number of hydrogen-bond donors (Lipinski definition) is 1. The summed E-state index contributed by atoms with van der Waals surface area (Å²) in [6, 6.07) is 1.95. The van der Waals surface area contributed by atoms with E-state index in [-0.39, 0.29) is 5.91 Å². The van der Waals surface area contributed by atoms with E-state index in [1.54, 1.807) is 10.9 Å². The predicted molar refractivity (Wildman–Crippen MR) is 78.4 cm³/mol. The summed E-state index contributed by atoms with van der Waals surface area (Å²) in [5.41, 5.74) is 2.52. The molecule has 0 unspecified atom stereocenters. The van der Waals surface area contributed by atoms with Gasteiger partial charge in [-0.1, -0.05) is 6.92 Å². The molecule has 1 N–H and O–H groups in total. The Kier molecular flexibility index (Phi) is 3.20. The first kappa shape index (κ1) is 13.1. The Morgan fingerprint density at radius 1 is 1.55 bits per heavy atom. The lowest BCUT2D eigenvalue weighted by molar-refractivity contribution is -0.117. The van der Waals surface area contributed by atoms with Crippen molar-refractivity contribution >= 4 is 22.6 Å². The monoisotopic (exact) mass is 272 g/mol. The van der Waals surface area contributed by atoms with Crippen LogP contribution in [0.2, 0.25) is 0 Å². The fourth-order valence-electron chi connectivity index (χ4n) is 2.71. The molecule has 0 aromatic carbocycles. The van der Waals surface area contributed by atoms with Crippen molar-refractivity contribution < 1.29 is 4.79 Å². The Hall–Kier alpha value is -1.91. The normalized spacial score (nSPS) is 16.4. The zero-order chi connectivity index (χ0) is 14.3. The highest BCUT2D eigenvalue weighted by Crippen LogP contribution is 2.38. The summed E-state index contributed by atoms with van der Waals surface area (Å²) in [6.07, 6.45) is 4.84. The van der Waals surface area contributed by atoms with Crippen molar-refractivity contribution in [3.05, 3.63) is 18.0 Å². The molecule has 5 heteroatoms. The van der Waals surface area contributed by atoms with Crippen molar-refractivity contribution in [3.63, 3.8) is 0 Å². The van der Waals surface area contributed by atoms with Crippen LogP contribution in [0.25, 0.3) is 11.0 Å². The van der Waals surface area contributed by atoms with Gasteiger partial charge in [0.25, 0.3) is 0 Å². The number of hydrogen-bond acceptors (Lipinski definition) is 3. The fourth-order valence-corrected chi connectivity index (χ4v) is 2.71. The molecule has 2 aromatic heterocycles. The molecule has 1 atom stereocenters. The summed E-state index contributed by atoms with van der Waals surface area (Å²) < 4.78 is 1.76. The molecule has 1 aliphatic rings. The van der Waals surface area contributed by atoms with Gasteiger partial charge in [-0.15, -0.1) is 0 Å². The molecule has 0 saturated heterocycles. The summed E-state index contributed by atoms with van der Waals surface area (Å²) in [4.78, 5) is 16.4. The van der Waals surface area contributed by atoms with E-state index in [1.165, 1.54) is 12.8 Å². The van der Waals surface area contributed by atoms with E-state index in [2.05, 4.69) is 22.3 Å². The first-order valence-corrected chi connectivity index (χ1v) is 7.14. The van der Waals surface area contributed by atoms with Crippen LogP contribution in [0.1, 0.15) is 31.9 Å². The van der Waals surface area contributed by atoms with Crippen molar-refractivity contribution in [3.8, 4) is 0 Å². The van der Waals surface area contributed by atoms with Gasteiger partial charge in [-0.3, -0.25) is 9.48 Å². The van der Waals surface area contributed by atoms with Gasteiger partial charge >= 0.3 is 0 Å². The number of nitrogens with zero attached hydrogens (tertiary/aromatic N) is 3. The van der Waals surface area contributed by atoms with Crippen molar-refractivity contribution in [2.75, 3.05) is 5.32 Å². The number of amides is 1. The molecule has 0 radical (unpaired) electrons. The third-order valence-electron chi connectivity index (χ3n) is 4.08. The van der Waals surface area contributed by atoms with Gasteiger partial charge in [0.1, 0.15) is 0 Å². The van der Waals surface area contributed by atoms with Gasteiger partial charge < -0.3 is 5.32 Å². The summed E-state index contributed by atoms with van der Waals surface area (Å²) in [6.45, 7) is 4.11. The van der Waals surface area contributed by atoms with Crippen LogP contribution in [0.15, 0.2) is 12.3 Å². The van der Waals surface area contributed by atoms with Crippen LogP contribution < -0.4 is 5.32 Å². The SMILES string of the molecule is Cc1nn(C)c2ncc(NC(=O)C[C@@H](C)C3CC3)cc12. The lowest BCUT2D eigenvalue weighted by Gasteiger charge is -2.10. The molecule has 0 bridgehead atoms. The van der Waals surface area contributed by atoms with Gasteiger partial charge in [-0.05, 0) is 37.7 Å². The highest BCUT2D eigenvalue weighted by atomic mass is 16.1. The van der Waals surface area contributed by atoms with E-state index in [0.717, 1.165) is 28.3 Å². The highest BCUT2D eigenvalue weighted by molar-refractivity contribution is 5.93. The maximum Gasteiger partial charge on any atom is 0.224 e. The molecule has 2 heterocycles. The third-order valence-corrected chi connectivity index (χ3v) is 4.08. The minimum atomic E-state index is 0.0760. The number of pyridine rings is 1. The Labute approximate surface area is 118 Å². The Morgan fingerprint density at radius 2 is 2.30 bits per heavy atom. The number of carbonyl (C=O) groups is 1. The minimum absolute atomic E-state index is 0.0760. The molecule has 0 aliphatic heterocycles. The topological polar surface area (TPSA) is 59.8 Å². The van der Waals surface area contributed by atoms with Crippen LogP contribution in [-0.4, -0.2) is 20.7 Å². The van der Waals surface area contributed by atoms with Crippen LogP contribution in [-0.2, 0) is 11.8 Å². The minimum Gasteiger partial charge on any atom is -0.325 e. The molecule has 106 valence electrons.